The van der Waals surface area contributed by atoms with Crippen molar-refractivity contribution >= 4 is 50.0 Å². The van der Waals surface area contributed by atoms with Crippen molar-refractivity contribution < 1.29 is 13.5 Å². The second-order valence-corrected chi connectivity index (χ2v) is 11.0. The third-order valence-corrected chi connectivity index (χ3v) is 8.26. The first-order valence-corrected chi connectivity index (χ1v) is 12.0. The molecule has 0 radical (unpaired) electrons. The molecule has 166 valence electrons. The Morgan fingerprint density at radius 3 is 2.32 bits per heavy atom. The maximum absolute atomic E-state index is 12.5. The van der Waals surface area contributed by atoms with Crippen LogP contribution in [-0.2, 0) is 10.0 Å². The van der Waals surface area contributed by atoms with Crippen LogP contribution in [0.15, 0.2) is 38.8 Å². The van der Waals surface area contributed by atoms with Crippen LogP contribution < -0.4 is 21.5 Å². The molecular formula is C20H22ClN3O5S2. The van der Waals surface area contributed by atoms with Crippen LogP contribution in [0.2, 0.25) is 5.02 Å². The van der Waals surface area contributed by atoms with Crippen molar-refractivity contribution in [2.45, 2.75) is 31.2 Å². The van der Waals surface area contributed by atoms with Crippen LogP contribution in [0.4, 0.5) is 17.1 Å². The van der Waals surface area contributed by atoms with Gasteiger partial charge in [-0.3, -0.25) is 9.59 Å². The largest absolute Gasteiger partial charge is 0.504 e. The molecule has 1 heterocycles. The lowest BCUT2D eigenvalue weighted by molar-refractivity contribution is 0.455. The van der Waals surface area contributed by atoms with Crippen LogP contribution >= 0.6 is 22.9 Å². The van der Waals surface area contributed by atoms with Gasteiger partial charge in [0, 0.05) is 23.8 Å². The Balaban J connectivity index is 1.98. The smallest absolute Gasteiger partial charge is 0.253 e. The molecule has 0 amide bonds. The molecule has 0 aliphatic heterocycles. The number of aromatic hydroxyl groups is 1. The minimum Gasteiger partial charge on any atom is -0.504 e. The molecule has 8 nitrogen and oxygen atoms in total. The lowest BCUT2D eigenvalue weighted by atomic mass is 10.1. The van der Waals surface area contributed by atoms with Gasteiger partial charge in [-0.2, -0.15) is 0 Å². The molecule has 3 rings (SSSR count). The van der Waals surface area contributed by atoms with Gasteiger partial charge < -0.3 is 15.7 Å². The van der Waals surface area contributed by atoms with Crippen molar-refractivity contribution in [1.29, 1.82) is 0 Å². The van der Waals surface area contributed by atoms with E-state index in [0.29, 0.717) is 6.42 Å². The van der Waals surface area contributed by atoms with Crippen LogP contribution in [0.25, 0.3) is 0 Å². The third kappa shape index (κ3) is 4.20. The normalized spacial score (nSPS) is 13.0. The highest BCUT2D eigenvalue weighted by molar-refractivity contribution is 7.89. The van der Waals surface area contributed by atoms with E-state index in [1.54, 1.807) is 11.3 Å². The molecule has 0 fully saturated rings. The summed E-state index contributed by atoms with van der Waals surface area (Å²) in [5, 5.41) is 16.2. The number of halogens is 1. The number of phenolic OH excluding ortho intramolecular Hbond substituents is 1. The van der Waals surface area contributed by atoms with Crippen molar-refractivity contribution in [1.82, 2.24) is 4.31 Å². The minimum absolute atomic E-state index is 0.0393. The highest BCUT2D eigenvalue weighted by Gasteiger charge is 2.29. The molecule has 1 unspecified atom stereocenters. The first-order chi connectivity index (χ1) is 14.5. The van der Waals surface area contributed by atoms with Crippen LogP contribution in [0.5, 0.6) is 5.75 Å². The SMILES string of the molecule is CCC(Nc1c(Nc2ccc(Cl)c(S(=O)(=O)N(C)C)c2O)c(=O)c1=O)c1ccc(C)s1. The molecule has 0 spiro atoms. The monoisotopic (exact) mass is 483 g/mol. The topological polar surface area (TPSA) is 116 Å². The van der Waals surface area contributed by atoms with Gasteiger partial charge in [0.25, 0.3) is 10.9 Å². The van der Waals surface area contributed by atoms with Crippen LogP contribution in [0.1, 0.15) is 29.1 Å². The lowest BCUT2D eigenvalue weighted by Gasteiger charge is -2.22. The molecule has 1 atom stereocenters. The lowest BCUT2D eigenvalue weighted by Crippen LogP contribution is -2.37. The Morgan fingerprint density at radius 2 is 1.77 bits per heavy atom. The molecule has 0 aliphatic rings. The number of benzene rings is 1. The summed E-state index contributed by atoms with van der Waals surface area (Å²) < 4.78 is 26.0. The van der Waals surface area contributed by atoms with E-state index in [-0.39, 0.29) is 28.1 Å². The molecule has 3 aromatic rings. The van der Waals surface area contributed by atoms with Gasteiger partial charge in [-0.15, -0.1) is 11.3 Å². The minimum atomic E-state index is -4.05. The average molecular weight is 484 g/mol. The summed E-state index contributed by atoms with van der Waals surface area (Å²) in [6, 6.07) is 6.40. The quantitative estimate of drug-likeness (QED) is 0.331. The van der Waals surface area contributed by atoms with Gasteiger partial charge in [0.05, 0.1) is 16.8 Å². The summed E-state index contributed by atoms with van der Waals surface area (Å²) in [6.45, 7) is 3.93. The van der Waals surface area contributed by atoms with Crippen LogP contribution in [0, 0.1) is 6.92 Å². The van der Waals surface area contributed by atoms with E-state index in [9.17, 15) is 23.1 Å². The van der Waals surface area contributed by atoms with Crippen molar-refractivity contribution in [3.8, 4) is 5.75 Å². The molecule has 1 aromatic heterocycles. The summed E-state index contributed by atoms with van der Waals surface area (Å²) >= 11 is 7.60. The Labute approximate surface area is 188 Å². The number of thiophene rings is 1. The highest BCUT2D eigenvalue weighted by atomic mass is 35.5. The summed E-state index contributed by atoms with van der Waals surface area (Å²) in [4.78, 5) is 26.1. The fourth-order valence-corrected chi connectivity index (χ4v) is 5.54. The Bertz CT molecular complexity index is 1310. The van der Waals surface area contributed by atoms with E-state index in [1.807, 2.05) is 26.0 Å². The van der Waals surface area contributed by atoms with E-state index in [2.05, 4.69) is 10.6 Å². The molecule has 31 heavy (non-hydrogen) atoms. The average Bonchev–Trinajstić information content (AvgIpc) is 3.14. The fourth-order valence-electron chi connectivity index (χ4n) is 3.05. The molecule has 0 bridgehead atoms. The number of phenols is 1. The maximum Gasteiger partial charge on any atom is 0.253 e. The number of anilines is 3. The summed E-state index contributed by atoms with van der Waals surface area (Å²) in [7, 11) is -1.44. The van der Waals surface area contributed by atoms with E-state index >= 15 is 0 Å². The Morgan fingerprint density at radius 1 is 1.13 bits per heavy atom. The van der Waals surface area contributed by atoms with Crippen molar-refractivity contribution in [3.05, 3.63) is 59.5 Å². The highest BCUT2D eigenvalue weighted by Crippen LogP contribution is 2.40. The predicted molar refractivity (Wildman–Crippen MR) is 124 cm³/mol. The number of rotatable bonds is 8. The molecule has 2 aromatic carbocycles. The third-order valence-electron chi connectivity index (χ3n) is 4.82. The predicted octanol–water partition coefficient (Wildman–Crippen LogP) is 3.57. The van der Waals surface area contributed by atoms with Gasteiger partial charge in [-0.25, -0.2) is 12.7 Å². The molecule has 0 saturated heterocycles. The van der Waals surface area contributed by atoms with Gasteiger partial charge in [0.1, 0.15) is 16.3 Å². The van der Waals surface area contributed by atoms with E-state index in [4.69, 9.17) is 11.6 Å². The first-order valence-electron chi connectivity index (χ1n) is 9.36. The number of hydrogen-bond acceptors (Lipinski definition) is 8. The summed E-state index contributed by atoms with van der Waals surface area (Å²) in [5.41, 5.74) is -1.44. The zero-order chi connectivity index (χ0) is 23.1. The van der Waals surface area contributed by atoms with E-state index < -0.39 is 31.5 Å². The van der Waals surface area contributed by atoms with Gasteiger partial charge in [-0.1, -0.05) is 18.5 Å². The van der Waals surface area contributed by atoms with Crippen molar-refractivity contribution in [2.24, 2.45) is 0 Å². The Hall–Kier alpha value is -2.40. The maximum atomic E-state index is 12.5. The molecular weight excluding hydrogens is 462 g/mol. The van der Waals surface area contributed by atoms with Crippen molar-refractivity contribution in [2.75, 3.05) is 24.7 Å². The first kappa shape index (κ1) is 23.3. The van der Waals surface area contributed by atoms with E-state index in [1.165, 1.54) is 26.2 Å². The van der Waals surface area contributed by atoms with Crippen LogP contribution in [-0.4, -0.2) is 31.9 Å². The van der Waals surface area contributed by atoms with Gasteiger partial charge in [0.15, 0.2) is 5.75 Å². The number of nitrogens with zero attached hydrogens (tertiary/aromatic N) is 1. The fraction of sp³-hybridized carbons (Fsp3) is 0.300. The molecule has 11 heteroatoms. The number of sulfonamides is 1. The molecule has 3 N–H and O–H groups in total. The van der Waals surface area contributed by atoms with Gasteiger partial charge in [-0.05, 0) is 37.6 Å². The number of aryl methyl sites for hydroxylation is 1. The van der Waals surface area contributed by atoms with Crippen molar-refractivity contribution in [3.63, 3.8) is 0 Å². The van der Waals surface area contributed by atoms with Gasteiger partial charge in [0.2, 0.25) is 10.0 Å². The van der Waals surface area contributed by atoms with Gasteiger partial charge >= 0.3 is 0 Å². The zero-order valence-electron chi connectivity index (χ0n) is 17.3. The molecule has 0 saturated carbocycles. The second-order valence-electron chi connectivity index (χ2n) is 7.15. The number of hydrogen-bond donors (Lipinski definition) is 3. The van der Waals surface area contributed by atoms with Crippen LogP contribution in [0.3, 0.4) is 0 Å². The van der Waals surface area contributed by atoms with E-state index in [0.717, 1.165) is 14.1 Å². The summed E-state index contributed by atoms with van der Waals surface area (Å²) in [5.74, 6) is -0.638. The standard InChI is InChI=1S/C20H22ClN3O5S2/c1-5-12(14-9-6-10(2)30-14)22-15-16(19(27)18(15)26)23-13-8-7-11(21)20(17(13)25)31(28,29)24(3)4/h6-9,12,22-23,25H,5H2,1-4H3. The molecule has 0 aliphatic carbocycles. The summed E-state index contributed by atoms with van der Waals surface area (Å²) in [6.07, 6.45) is 0.676. The Kier molecular flexibility index (Phi) is 6.47. The number of nitrogens with one attached hydrogen (secondary N) is 2. The second kappa shape index (κ2) is 8.62. The zero-order valence-corrected chi connectivity index (χ0v) is 19.7.